The highest BCUT2D eigenvalue weighted by molar-refractivity contribution is 5.95. The van der Waals surface area contributed by atoms with Gasteiger partial charge in [0.2, 0.25) is 17.7 Å². The first kappa shape index (κ1) is 30.3. The molecule has 3 amide bonds. The molecule has 0 aromatic carbocycles. The number of nitrogens with zero attached hydrogens (tertiary/aromatic N) is 2. The molecule has 2 aliphatic rings. The van der Waals surface area contributed by atoms with Gasteiger partial charge in [-0.25, -0.2) is 4.79 Å². The largest absolute Gasteiger partial charge is 0.480 e. The second kappa shape index (κ2) is 14.1. The molecule has 12 N–H and O–H groups in total. The van der Waals surface area contributed by atoms with Crippen LogP contribution in [-0.4, -0.2) is 94.7 Å². The summed E-state index contributed by atoms with van der Waals surface area (Å²) in [5, 5.41) is 24.1. The van der Waals surface area contributed by atoms with Crippen LogP contribution in [0, 0.1) is 5.92 Å². The maximum Gasteiger partial charge on any atom is 0.326 e. The summed E-state index contributed by atoms with van der Waals surface area (Å²) in [7, 11) is 0. The number of amides is 3. The number of aliphatic hydroxyl groups excluding tert-OH is 1. The summed E-state index contributed by atoms with van der Waals surface area (Å²) in [4.78, 5) is 56.3. The Morgan fingerprint density at radius 1 is 1.05 bits per heavy atom. The van der Waals surface area contributed by atoms with Gasteiger partial charge in [-0.3, -0.25) is 19.4 Å². The molecule has 14 nitrogen and oxygen atoms in total. The lowest BCUT2D eigenvalue weighted by Crippen LogP contribution is -2.65. The summed E-state index contributed by atoms with van der Waals surface area (Å²) < 4.78 is 0. The van der Waals surface area contributed by atoms with Gasteiger partial charge in [-0.2, -0.15) is 0 Å². The number of aliphatic imine (C=N–C) groups is 1. The monoisotopic (exact) mass is 526 g/mol. The summed E-state index contributed by atoms with van der Waals surface area (Å²) in [6, 6.07) is -2.90. The number of guanidine groups is 1. The average molecular weight is 527 g/mol. The molecule has 37 heavy (non-hydrogen) atoms. The van der Waals surface area contributed by atoms with Gasteiger partial charge in [0.25, 0.3) is 0 Å². The third kappa shape index (κ3) is 8.54. The molecule has 0 bridgehead atoms. The summed E-state index contributed by atoms with van der Waals surface area (Å²) >= 11 is 0. The first-order valence-electron chi connectivity index (χ1n) is 12.8. The minimum atomic E-state index is -1.20. The second-order valence-corrected chi connectivity index (χ2v) is 9.96. The van der Waals surface area contributed by atoms with E-state index in [1.54, 1.807) is 0 Å². The van der Waals surface area contributed by atoms with Crippen molar-refractivity contribution < 1.29 is 29.4 Å². The summed E-state index contributed by atoms with van der Waals surface area (Å²) in [5.41, 5.74) is 21.2. The van der Waals surface area contributed by atoms with Crippen molar-refractivity contribution in [3.63, 3.8) is 0 Å². The Labute approximate surface area is 216 Å². The van der Waals surface area contributed by atoms with Gasteiger partial charge in [-0.15, -0.1) is 0 Å². The quantitative estimate of drug-likeness (QED) is 0.0623. The van der Waals surface area contributed by atoms with Crippen molar-refractivity contribution in [1.82, 2.24) is 15.5 Å². The van der Waals surface area contributed by atoms with Crippen LogP contribution in [0.3, 0.4) is 0 Å². The number of aliphatic hydroxyl groups is 1. The molecular weight excluding hydrogens is 484 g/mol. The van der Waals surface area contributed by atoms with E-state index < -0.39 is 47.4 Å². The van der Waals surface area contributed by atoms with Crippen molar-refractivity contribution in [2.45, 2.75) is 81.5 Å². The third-order valence-corrected chi connectivity index (χ3v) is 6.97. The number of carboxylic acids is 1. The SMILES string of the molecule is NCCCC[C@H](NC(=O)C1(N)CC(CO)C1)C(=O)N1CCC[C@H]1C(=O)N[C@@H](CCCN=C(N)N)C(=O)O. The van der Waals surface area contributed by atoms with Crippen molar-refractivity contribution in [2.75, 3.05) is 26.2 Å². The summed E-state index contributed by atoms with van der Waals surface area (Å²) in [6.45, 7) is 0.911. The molecule has 3 atom stereocenters. The van der Waals surface area contributed by atoms with Crippen LogP contribution in [-0.2, 0) is 19.2 Å². The van der Waals surface area contributed by atoms with Gasteiger partial charge in [-0.05, 0) is 70.3 Å². The van der Waals surface area contributed by atoms with Crippen molar-refractivity contribution >= 4 is 29.7 Å². The Morgan fingerprint density at radius 2 is 1.73 bits per heavy atom. The van der Waals surface area contributed by atoms with Gasteiger partial charge in [0.1, 0.15) is 18.1 Å². The number of carbonyl (C=O) groups is 4. The van der Waals surface area contributed by atoms with E-state index in [1.165, 1.54) is 4.90 Å². The molecule has 0 aromatic heterocycles. The first-order chi connectivity index (χ1) is 17.5. The van der Waals surface area contributed by atoms with E-state index >= 15 is 0 Å². The molecule has 0 unspecified atom stereocenters. The molecule has 2 fully saturated rings. The van der Waals surface area contributed by atoms with Crippen LogP contribution in [0.15, 0.2) is 4.99 Å². The highest BCUT2D eigenvalue weighted by atomic mass is 16.4. The molecule has 0 aromatic rings. The standard InChI is InChI=1S/C23H42N8O6/c24-8-2-1-5-15(30-21(37)23(27)11-14(12-23)13-32)19(34)31-10-4-7-17(31)18(33)29-16(20(35)36)6-3-9-28-22(25)26/h14-17,32H,1-13,24,27H2,(H,29,33)(H,30,37)(H,35,36)(H4,25,26,28)/t14?,15-,16-,17-,23?/m0/s1. The zero-order chi connectivity index (χ0) is 27.6. The zero-order valence-corrected chi connectivity index (χ0v) is 21.2. The maximum absolute atomic E-state index is 13.5. The molecule has 0 spiro atoms. The molecule has 210 valence electrons. The number of carboxylic acid groups (broad SMARTS) is 1. The van der Waals surface area contributed by atoms with Crippen LogP contribution in [0.25, 0.3) is 0 Å². The maximum atomic E-state index is 13.5. The Balaban J connectivity index is 2.05. The molecular formula is C23H42N8O6. The van der Waals surface area contributed by atoms with Gasteiger partial charge in [-0.1, -0.05) is 0 Å². The highest BCUT2D eigenvalue weighted by Gasteiger charge is 2.48. The Morgan fingerprint density at radius 3 is 2.32 bits per heavy atom. The topological polar surface area (TPSA) is 252 Å². The molecule has 14 heteroatoms. The lowest BCUT2D eigenvalue weighted by atomic mass is 9.68. The van der Waals surface area contributed by atoms with E-state index in [9.17, 15) is 29.4 Å². The van der Waals surface area contributed by atoms with Gasteiger partial charge in [0.05, 0.1) is 5.54 Å². The first-order valence-corrected chi connectivity index (χ1v) is 12.8. The molecule has 1 aliphatic heterocycles. The lowest BCUT2D eigenvalue weighted by molar-refractivity contribution is -0.145. The predicted octanol–water partition coefficient (Wildman–Crippen LogP) is -2.69. The summed E-state index contributed by atoms with van der Waals surface area (Å²) in [6.07, 6.45) is 3.62. The number of carbonyl (C=O) groups excluding carboxylic acids is 3. The van der Waals surface area contributed by atoms with Crippen molar-refractivity contribution in [1.29, 1.82) is 0 Å². The average Bonchev–Trinajstić information content (AvgIpc) is 3.32. The Kier molecular flexibility index (Phi) is 11.5. The molecule has 2 rings (SSSR count). The molecule has 1 saturated heterocycles. The van der Waals surface area contributed by atoms with Gasteiger partial charge in [0.15, 0.2) is 5.96 Å². The van der Waals surface area contributed by atoms with Crippen LogP contribution >= 0.6 is 0 Å². The van der Waals surface area contributed by atoms with Crippen LogP contribution in [0.1, 0.15) is 57.8 Å². The lowest BCUT2D eigenvalue weighted by Gasteiger charge is -2.43. The fourth-order valence-electron chi connectivity index (χ4n) is 4.87. The summed E-state index contributed by atoms with van der Waals surface area (Å²) in [5.74, 6) is -2.78. The fourth-order valence-corrected chi connectivity index (χ4v) is 4.87. The fraction of sp³-hybridized carbons (Fsp3) is 0.783. The molecule has 1 heterocycles. The van der Waals surface area contributed by atoms with Crippen molar-refractivity contribution in [3.8, 4) is 0 Å². The predicted molar refractivity (Wildman–Crippen MR) is 136 cm³/mol. The molecule has 1 aliphatic carbocycles. The minimum absolute atomic E-state index is 0.0459. The minimum Gasteiger partial charge on any atom is -0.480 e. The Bertz CT molecular complexity index is 843. The number of hydrogen-bond acceptors (Lipinski definition) is 8. The Hall–Kier alpha value is -2.97. The highest BCUT2D eigenvalue weighted by Crippen LogP contribution is 2.35. The molecule has 0 radical (unpaired) electrons. The number of unbranched alkanes of at least 4 members (excludes halogenated alkanes) is 1. The van der Waals surface area contributed by atoms with Gasteiger partial charge in [0, 0.05) is 19.7 Å². The normalized spacial score (nSPS) is 24.5. The van der Waals surface area contributed by atoms with E-state index in [-0.39, 0.29) is 31.4 Å². The number of likely N-dealkylation sites (tertiary alicyclic amines) is 1. The number of hydrogen-bond donors (Lipinski definition) is 8. The van der Waals surface area contributed by atoms with Crippen molar-refractivity contribution in [3.05, 3.63) is 0 Å². The van der Waals surface area contributed by atoms with Crippen LogP contribution in [0.5, 0.6) is 0 Å². The zero-order valence-electron chi connectivity index (χ0n) is 21.2. The number of nitrogens with two attached hydrogens (primary N) is 4. The number of nitrogens with one attached hydrogen (secondary N) is 2. The second-order valence-electron chi connectivity index (χ2n) is 9.96. The van der Waals surface area contributed by atoms with Gasteiger partial charge < -0.3 is 48.7 Å². The third-order valence-electron chi connectivity index (χ3n) is 6.97. The smallest absolute Gasteiger partial charge is 0.326 e. The van der Waals surface area contributed by atoms with Gasteiger partial charge >= 0.3 is 5.97 Å². The van der Waals surface area contributed by atoms with E-state index in [1.807, 2.05) is 0 Å². The van der Waals surface area contributed by atoms with E-state index in [4.69, 9.17) is 22.9 Å². The number of rotatable bonds is 15. The van der Waals surface area contributed by atoms with E-state index in [0.717, 1.165) is 0 Å². The van der Waals surface area contributed by atoms with E-state index in [0.29, 0.717) is 64.5 Å². The van der Waals surface area contributed by atoms with Crippen LogP contribution in [0.2, 0.25) is 0 Å². The van der Waals surface area contributed by atoms with Crippen LogP contribution in [0.4, 0.5) is 0 Å². The van der Waals surface area contributed by atoms with Crippen LogP contribution < -0.4 is 33.6 Å². The molecule has 1 saturated carbocycles. The van der Waals surface area contributed by atoms with E-state index in [2.05, 4.69) is 15.6 Å². The number of aliphatic carboxylic acids is 1. The van der Waals surface area contributed by atoms with Crippen molar-refractivity contribution in [2.24, 2.45) is 33.8 Å².